The number of carbonyl (C=O) groups is 1. The summed E-state index contributed by atoms with van der Waals surface area (Å²) in [6.07, 6.45) is 3.68. The van der Waals surface area contributed by atoms with Crippen LogP contribution in [-0.4, -0.2) is 20.3 Å². The number of aryl methyl sites for hydroxylation is 1. The summed E-state index contributed by atoms with van der Waals surface area (Å²) in [4.78, 5) is 12.6. The number of carbonyl (C=O) groups excluding carboxylic acids is 1. The second kappa shape index (κ2) is 5.98. The molecule has 0 fully saturated rings. The fraction of sp³-hybridized carbons (Fsp3) is 0.111. The first kappa shape index (κ1) is 14.7. The number of anilines is 1. The van der Waals surface area contributed by atoms with Gasteiger partial charge in [0.25, 0.3) is 5.91 Å². The molecule has 1 amide bonds. The van der Waals surface area contributed by atoms with Crippen molar-refractivity contribution in [1.29, 1.82) is 0 Å². The number of nitrogens with zero attached hydrogens (tertiary/aromatic N) is 3. The summed E-state index contributed by atoms with van der Waals surface area (Å²) in [6, 6.07) is 13.7. The fourth-order valence-electron chi connectivity index (χ4n) is 2.79. The maximum absolute atomic E-state index is 12.6. The number of nitrogens with one attached hydrogen (secondary N) is 1. The standard InChI is InChI=1S/C18H16N4OS/c1-21-15-6-9-24-17(15)11-16(21)18(23)20-14-5-2-4-13(10-14)12-22-8-3-7-19-22/h2-11H,12H2,1H3,(H,20,23). The van der Waals surface area contributed by atoms with Gasteiger partial charge in [-0.25, -0.2) is 0 Å². The van der Waals surface area contributed by atoms with Gasteiger partial charge in [-0.15, -0.1) is 11.3 Å². The highest BCUT2D eigenvalue weighted by molar-refractivity contribution is 7.17. The second-order valence-electron chi connectivity index (χ2n) is 5.62. The Morgan fingerprint density at radius 1 is 1.25 bits per heavy atom. The zero-order valence-corrected chi connectivity index (χ0v) is 14.0. The van der Waals surface area contributed by atoms with Crippen LogP contribution in [-0.2, 0) is 13.6 Å². The van der Waals surface area contributed by atoms with Crippen molar-refractivity contribution < 1.29 is 4.79 Å². The van der Waals surface area contributed by atoms with E-state index in [1.807, 2.05) is 70.3 Å². The average molecular weight is 336 g/mol. The number of thiophene rings is 1. The van der Waals surface area contributed by atoms with Crippen LogP contribution in [0.25, 0.3) is 10.2 Å². The molecule has 0 bridgehead atoms. The minimum Gasteiger partial charge on any atom is -0.339 e. The summed E-state index contributed by atoms with van der Waals surface area (Å²) in [5.74, 6) is -0.0999. The van der Waals surface area contributed by atoms with Crippen LogP contribution >= 0.6 is 11.3 Å². The minimum atomic E-state index is -0.0999. The molecular formula is C18H16N4OS. The highest BCUT2D eigenvalue weighted by Gasteiger charge is 2.14. The van der Waals surface area contributed by atoms with E-state index < -0.39 is 0 Å². The second-order valence-corrected chi connectivity index (χ2v) is 6.56. The first-order valence-electron chi connectivity index (χ1n) is 7.61. The van der Waals surface area contributed by atoms with E-state index in [1.54, 1.807) is 17.5 Å². The van der Waals surface area contributed by atoms with Gasteiger partial charge in [0, 0.05) is 25.1 Å². The number of hydrogen-bond acceptors (Lipinski definition) is 3. The first-order valence-corrected chi connectivity index (χ1v) is 8.49. The van der Waals surface area contributed by atoms with Crippen LogP contribution in [0.4, 0.5) is 5.69 Å². The van der Waals surface area contributed by atoms with E-state index in [1.165, 1.54) is 0 Å². The van der Waals surface area contributed by atoms with Crippen molar-refractivity contribution in [3.05, 3.63) is 71.5 Å². The molecule has 3 aromatic heterocycles. The molecule has 0 saturated carbocycles. The number of benzene rings is 1. The molecule has 1 aromatic carbocycles. The normalized spacial score (nSPS) is 11.0. The van der Waals surface area contributed by atoms with Crippen LogP contribution in [0.3, 0.4) is 0 Å². The lowest BCUT2D eigenvalue weighted by Crippen LogP contribution is -2.15. The summed E-state index contributed by atoms with van der Waals surface area (Å²) in [5.41, 5.74) is 3.62. The third-order valence-electron chi connectivity index (χ3n) is 3.99. The summed E-state index contributed by atoms with van der Waals surface area (Å²) >= 11 is 1.64. The van der Waals surface area contributed by atoms with Crippen molar-refractivity contribution in [2.45, 2.75) is 6.54 Å². The van der Waals surface area contributed by atoms with E-state index in [4.69, 9.17) is 0 Å². The molecular weight excluding hydrogens is 320 g/mol. The molecule has 0 aliphatic rings. The predicted octanol–water partition coefficient (Wildman–Crippen LogP) is 3.74. The van der Waals surface area contributed by atoms with Crippen molar-refractivity contribution in [1.82, 2.24) is 14.3 Å². The zero-order valence-electron chi connectivity index (χ0n) is 13.1. The van der Waals surface area contributed by atoms with Gasteiger partial charge in [-0.2, -0.15) is 5.10 Å². The summed E-state index contributed by atoms with van der Waals surface area (Å²) in [5, 5.41) is 9.22. The van der Waals surface area contributed by atoms with Gasteiger partial charge < -0.3 is 9.88 Å². The largest absolute Gasteiger partial charge is 0.339 e. The molecule has 4 aromatic rings. The first-order chi connectivity index (χ1) is 11.7. The molecule has 5 nitrogen and oxygen atoms in total. The molecule has 120 valence electrons. The smallest absolute Gasteiger partial charge is 0.272 e. The van der Waals surface area contributed by atoms with Gasteiger partial charge in [0.15, 0.2) is 0 Å². The van der Waals surface area contributed by atoms with Gasteiger partial charge in [-0.1, -0.05) is 12.1 Å². The highest BCUT2D eigenvalue weighted by Crippen LogP contribution is 2.24. The van der Waals surface area contributed by atoms with Crippen molar-refractivity contribution in [2.75, 3.05) is 5.32 Å². The summed E-state index contributed by atoms with van der Waals surface area (Å²) in [6.45, 7) is 0.677. The van der Waals surface area contributed by atoms with Crippen molar-refractivity contribution in [2.24, 2.45) is 7.05 Å². The number of hydrogen-bond donors (Lipinski definition) is 1. The Morgan fingerprint density at radius 3 is 2.96 bits per heavy atom. The molecule has 0 aliphatic carbocycles. The van der Waals surface area contributed by atoms with Gasteiger partial charge in [0.1, 0.15) is 5.69 Å². The summed E-state index contributed by atoms with van der Waals surface area (Å²) in [7, 11) is 1.91. The van der Waals surface area contributed by atoms with Gasteiger partial charge in [-0.3, -0.25) is 9.48 Å². The van der Waals surface area contributed by atoms with Crippen LogP contribution in [0.5, 0.6) is 0 Å². The van der Waals surface area contributed by atoms with Crippen molar-refractivity contribution >= 4 is 33.1 Å². The number of amides is 1. The average Bonchev–Trinajstić information content (AvgIpc) is 3.27. The van der Waals surface area contributed by atoms with Crippen LogP contribution in [0.1, 0.15) is 16.1 Å². The highest BCUT2D eigenvalue weighted by atomic mass is 32.1. The van der Waals surface area contributed by atoms with E-state index in [-0.39, 0.29) is 5.91 Å². The Bertz CT molecular complexity index is 997. The van der Waals surface area contributed by atoms with Crippen molar-refractivity contribution in [3.63, 3.8) is 0 Å². The van der Waals surface area contributed by atoms with Crippen molar-refractivity contribution in [3.8, 4) is 0 Å². The zero-order chi connectivity index (χ0) is 16.5. The van der Waals surface area contributed by atoms with Crippen LogP contribution in [0, 0.1) is 0 Å². The molecule has 6 heteroatoms. The lowest BCUT2D eigenvalue weighted by Gasteiger charge is -2.08. The van der Waals surface area contributed by atoms with Gasteiger partial charge >= 0.3 is 0 Å². The number of fused-ring (bicyclic) bond motifs is 1. The van der Waals surface area contributed by atoms with Crippen LogP contribution in [0.2, 0.25) is 0 Å². The maximum Gasteiger partial charge on any atom is 0.272 e. The van der Waals surface area contributed by atoms with E-state index in [9.17, 15) is 4.79 Å². The fourth-order valence-corrected chi connectivity index (χ4v) is 3.64. The lowest BCUT2D eigenvalue weighted by molar-refractivity contribution is 0.102. The predicted molar refractivity (Wildman–Crippen MR) is 96.5 cm³/mol. The Balaban J connectivity index is 1.55. The van der Waals surface area contributed by atoms with E-state index in [0.717, 1.165) is 21.5 Å². The third kappa shape index (κ3) is 2.72. The van der Waals surface area contributed by atoms with E-state index in [2.05, 4.69) is 10.4 Å². The van der Waals surface area contributed by atoms with Crippen LogP contribution in [0.15, 0.2) is 60.2 Å². The van der Waals surface area contributed by atoms with E-state index in [0.29, 0.717) is 12.2 Å². The molecule has 24 heavy (non-hydrogen) atoms. The number of rotatable bonds is 4. The SMILES string of the molecule is Cn1c(C(=O)Nc2cccc(Cn3cccn3)c2)cc2sccc21. The van der Waals surface area contributed by atoms with Crippen LogP contribution < -0.4 is 5.32 Å². The molecule has 1 N–H and O–H groups in total. The Hall–Kier alpha value is -2.86. The molecule has 0 atom stereocenters. The maximum atomic E-state index is 12.6. The Morgan fingerprint density at radius 2 is 2.17 bits per heavy atom. The quantitative estimate of drug-likeness (QED) is 0.617. The molecule has 0 spiro atoms. The van der Waals surface area contributed by atoms with Gasteiger partial charge in [0.2, 0.25) is 0 Å². The number of aromatic nitrogens is 3. The summed E-state index contributed by atoms with van der Waals surface area (Å²) < 4.78 is 4.90. The Kier molecular flexibility index (Phi) is 3.66. The Labute approximate surface area is 143 Å². The molecule has 0 radical (unpaired) electrons. The van der Waals surface area contributed by atoms with E-state index >= 15 is 0 Å². The molecule has 4 rings (SSSR count). The van der Waals surface area contributed by atoms with Gasteiger partial charge in [0.05, 0.1) is 16.8 Å². The lowest BCUT2D eigenvalue weighted by atomic mass is 10.2. The van der Waals surface area contributed by atoms with Gasteiger partial charge in [-0.05, 0) is 41.3 Å². The molecule has 0 aliphatic heterocycles. The molecule has 3 heterocycles. The third-order valence-corrected chi connectivity index (χ3v) is 4.84. The molecule has 0 saturated heterocycles. The minimum absolute atomic E-state index is 0.0999. The topological polar surface area (TPSA) is 51.9 Å². The monoisotopic (exact) mass is 336 g/mol. The molecule has 0 unspecified atom stereocenters.